The third-order valence-electron chi connectivity index (χ3n) is 5.40. The van der Waals surface area contributed by atoms with Crippen LogP contribution in [0.25, 0.3) is 0 Å². The molecule has 0 aromatic carbocycles. The smallest absolute Gasteiger partial charge is 0.240 e. The lowest BCUT2D eigenvalue weighted by atomic mass is 9.84. The van der Waals surface area contributed by atoms with E-state index in [-0.39, 0.29) is 28.6 Å². The van der Waals surface area contributed by atoms with Crippen molar-refractivity contribution in [1.29, 1.82) is 5.26 Å². The van der Waals surface area contributed by atoms with Crippen LogP contribution in [0.5, 0.6) is 0 Å². The SMILES string of the molecule is CN1NC(C(=O)NC2NC(C#N)C(CC3CCCC(F)C3)S2)CCC1=O. The molecule has 0 aromatic rings. The Labute approximate surface area is 157 Å². The van der Waals surface area contributed by atoms with E-state index >= 15 is 0 Å². The molecule has 0 spiro atoms. The van der Waals surface area contributed by atoms with Gasteiger partial charge in [-0.25, -0.2) is 9.82 Å². The Morgan fingerprint density at radius 3 is 2.96 bits per heavy atom. The number of hydrogen-bond acceptors (Lipinski definition) is 6. The molecule has 2 saturated heterocycles. The molecule has 0 aromatic heterocycles. The number of halogens is 1. The summed E-state index contributed by atoms with van der Waals surface area (Å²) >= 11 is 1.54. The molecule has 6 atom stereocenters. The van der Waals surface area contributed by atoms with Gasteiger partial charge in [0.15, 0.2) is 0 Å². The molecule has 2 heterocycles. The van der Waals surface area contributed by atoms with Crippen molar-refractivity contribution in [3.63, 3.8) is 0 Å². The number of carbonyl (C=O) groups is 2. The van der Waals surface area contributed by atoms with Crippen molar-refractivity contribution in [3.05, 3.63) is 0 Å². The molecular formula is C17H26FN5O2S. The van der Waals surface area contributed by atoms with Crippen LogP contribution in [0.2, 0.25) is 0 Å². The normalized spacial score (nSPS) is 38.0. The van der Waals surface area contributed by atoms with Crippen LogP contribution in [-0.2, 0) is 9.59 Å². The zero-order valence-corrected chi connectivity index (χ0v) is 15.7. The quantitative estimate of drug-likeness (QED) is 0.671. The minimum Gasteiger partial charge on any atom is -0.330 e. The lowest BCUT2D eigenvalue weighted by Crippen LogP contribution is -2.58. The molecule has 26 heavy (non-hydrogen) atoms. The summed E-state index contributed by atoms with van der Waals surface area (Å²) in [5, 5.41) is 16.9. The summed E-state index contributed by atoms with van der Waals surface area (Å²) in [6, 6.07) is 1.46. The monoisotopic (exact) mass is 383 g/mol. The first-order valence-corrected chi connectivity index (χ1v) is 10.2. The standard InChI is InChI=1S/C17H26FN5O2S/c1-23-15(24)6-5-12(22-23)16(25)21-17-20-13(9-19)14(26-17)8-10-3-2-4-11(18)7-10/h10-14,17,20,22H,2-8H2,1H3,(H,21,25). The van der Waals surface area contributed by atoms with Crippen molar-refractivity contribution in [1.82, 2.24) is 21.1 Å². The van der Waals surface area contributed by atoms with Crippen molar-refractivity contribution >= 4 is 23.6 Å². The van der Waals surface area contributed by atoms with Crippen LogP contribution >= 0.6 is 11.8 Å². The fraction of sp³-hybridized carbons (Fsp3) is 0.824. The molecule has 0 bridgehead atoms. The van der Waals surface area contributed by atoms with E-state index in [0.717, 1.165) is 19.3 Å². The van der Waals surface area contributed by atoms with Gasteiger partial charge in [-0.3, -0.25) is 19.9 Å². The van der Waals surface area contributed by atoms with Gasteiger partial charge in [-0.1, -0.05) is 12.8 Å². The van der Waals surface area contributed by atoms with Crippen LogP contribution in [0.4, 0.5) is 4.39 Å². The van der Waals surface area contributed by atoms with E-state index in [1.165, 1.54) is 16.8 Å². The molecule has 0 radical (unpaired) electrons. The molecule has 144 valence electrons. The minimum atomic E-state index is -0.721. The van der Waals surface area contributed by atoms with Crippen LogP contribution in [0.3, 0.4) is 0 Å². The van der Waals surface area contributed by atoms with Crippen LogP contribution in [0.15, 0.2) is 0 Å². The summed E-state index contributed by atoms with van der Waals surface area (Å²) in [5.74, 6) is 0.0851. The maximum absolute atomic E-state index is 13.6. The number of hydrogen-bond donors (Lipinski definition) is 3. The van der Waals surface area contributed by atoms with Gasteiger partial charge in [-0.15, -0.1) is 11.8 Å². The second kappa shape index (κ2) is 8.55. The second-order valence-electron chi connectivity index (χ2n) is 7.38. The Hall–Kier alpha value is -1.37. The first-order valence-electron chi connectivity index (χ1n) is 9.24. The number of rotatable bonds is 4. The van der Waals surface area contributed by atoms with Crippen molar-refractivity contribution in [2.75, 3.05) is 7.05 Å². The zero-order chi connectivity index (χ0) is 18.7. The van der Waals surface area contributed by atoms with Crippen molar-refractivity contribution < 1.29 is 14.0 Å². The number of amides is 2. The molecule has 3 N–H and O–H groups in total. The van der Waals surface area contributed by atoms with Gasteiger partial charge in [-0.2, -0.15) is 5.26 Å². The average Bonchev–Trinajstić information content (AvgIpc) is 2.98. The third kappa shape index (κ3) is 4.67. The summed E-state index contributed by atoms with van der Waals surface area (Å²) in [5.41, 5.74) is 2.53. The average molecular weight is 383 g/mol. The number of carbonyl (C=O) groups excluding carboxylic acids is 2. The molecular weight excluding hydrogens is 357 g/mol. The predicted molar refractivity (Wildman–Crippen MR) is 96.2 cm³/mol. The topological polar surface area (TPSA) is 97.3 Å². The molecule has 3 rings (SSSR count). The highest BCUT2D eigenvalue weighted by Crippen LogP contribution is 2.36. The van der Waals surface area contributed by atoms with E-state index < -0.39 is 12.2 Å². The van der Waals surface area contributed by atoms with E-state index in [2.05, 4.69) is 22.1 Å². The Bertz CT molecular complexity index is 586. The van der Waals surface area contributed by atoms with Gasteiger partial charge in [0, 0.05) is 18.7 Å². The predicted octanol–water partition coefficient (Wildman–Crippen LogP) is 1.03. The van der Waals surface area contributed by atoms with E-state index in [0.29, 0.717) is 31.6 Å². The Morgan fingerprint density at radius 1 is 1.46 bits per heavy atom. The molecule has 1 saturated carbocycles. The Kier molecular flexibility index (Phi) is 6.37. The van der Waals surface area contributed by atoms with Gasteiger partial charge >= 0.3 is 0 Å². The number of nitriles is 1. The van der Waals surface area contributed by atoms with Gasteiger partial charge in [0.1, 0.15) is 23.8 Å². The molecule has 7 nitrogen and oxygen atoms in total. The summed E-state index contributed by atoms with van der Waals surface area (Å²) < 4.78 is 13.6. The molecule has 3 aliphatic rings. The van der Waals surface area contributed by atoms with Crippen molar-refractivity contribution in [2.45, 2.75) is 73.9 Å². The Morgan fingerprint density at radius 2 is 2.27 bits per heavy atom. The Balaban J connectivity index is 1.51. The number of hydrazine groups is 1. The molecule has 9 heteroatoms. The third-order valence-corrected chi connectivity index (χ3v) is 6.74. The van der Waals surface area contributed by atoms with Gasteiger partial charge in [0.05, 0.1) is 6.07 Å². The largest absolute Gasteiger partial charge is 0.330 e. The lowest BCUT2D eigenvalue weighted by Gasteiger charge is -2.30. The van der Waals surface area contributed by atoms with E-state index in [1.807, 2.05) is 0 Å². The van der Waals surface area contributed by atoms with Crippen LogP contribution in [0, 0.1) is 17.2 Å². The fourth-order valence-electron chi connectivity index (χ4n) is 3.94. The molecule has 6 unspecified atom stereocenters. The van der Waals surface area contributed by atoms with E-state index in [4.69, 9.17) is 0 Å². The van der Waals surface area contributed by atoms with Gasteiger partial charge in [-0.05, 0) is 31.6 Å². The maximum atomic E-state index is 13.6. The van der Waals surface area contributed by atoms with Crippen LogP contribution < -0.4 is 16.1 Å². The molecule has 2 aliphatic heterocycles. The summed E-state index contributed by atoms with van der Waals surface area (Å²) in [6.07, 6.45) is 4.02. The number of alkyl halides is 1. The van der Waals surface area contributed by atoms with Crippen molar-refractivity contribution in [2.24, 2.45) is 5.92 Å². The number of nitrogens with zero attached hydrogens (tertiary/aromatic N) is 2. The highest BCUT2D eigenvalue weighted by atomic mass is 32.2. The zero-order valence-electron chi connectivity index (χ0n) is 14.9. The molecule has 3 fully saturated rings. The summed E-state index contributed by atoms with van der Waals surface area (Å²) in [6.45, 7) is 0. The van der Waals surface area contributed by atoms with Gasteiger partial charge in [0.2, 0.25) is 11.8 Å². The van der Waals surface area contributed by atoms with Crippen molar-refractivity contribution in [3.8, 4) is 6.07 Å². The van der Waals surface area contributed by atoms with Crippen LogP contribution in [-0.4, -0.2) is 52.9 Å². The first-order chi connectivity index (χ1) is 12.5. The molecule has 1 aliphatic carbocycles. The fourth-order valence-corrected chi connectivity index (χ4v) is 5.38. The highest BCUT2D eigenvalue weighted by Gasteiger charge is 2.38. The van der Waals surface area contributed by atoms with Gasteiger partial charge in [0.25, 0.3) is 0 Å². The van der Waals surface area contributed by atoms with Gasteiger partial charge < -0.3 is 5.32 Å². The molecule has 2 amide bonds. The maximum Gasteiger partial charge on any atom is 0.240 e. The second-order valence-corrected chi connectivity index (χ2v) is 8.72. The number of nitrogens with one attached hydrogen (secondary N) is 3. The summed E-state index contributed by atoms with van der Waals surface area (Å²) in [7, 11) is 1.61. The summed E-state index contributed by atoms with van der Waals surface area (Å²) in [4.78, 5) is 23.9. The van der Waals surface area contributed by atoms with Crippen LogP contribution in [0.1, 0.15) is 44.9 Å². The van der Waals surface area contributed by atoms with E-state index in [9.17, 15) is 19.2 Å². The van der Waals surface area contributed by atoms with E-state index in [1.54, 1.807) is 7.05 Å². The number of thioether (sulfide) groups is 1. The minimum absolute atomic E-state index is 0.0364. The first kappa shape index (κ1) is 19.4. The highest BCUT2D eigenvalue weighted by molar-refractivity contribution is 8.00. The lowest BCUT2D eigenvalue weighted by molar-refractivity contribution is -0.139.